The van der Waals surface area contributed by atoms with E-state index in [1.54, 1.807) is 19.4 Å². The van der Waals surface area contributed by atoms with Crippen molar-refractivity contribution in [1.29, 1.82) is 0 Å². The van der Waals surface area contributed by atoms with Crippen LogP contribution >= 0.6 is 0 Å². The third kappa shape index (κ3) is 4.79. The van der Waals surface area contributed by atoms with Crippen LogP contribution in [0.25, 0.3) is 17.0 Å². The first-order valence-electron chi connectivity index (χ1n) is 10.9. The third-order valence-corrected chi connectivity index (χ3v) is 5.91. The minimum Gasteiger partial charge on any atom is -0.508 e. The van der Waals surface area contributed by atoms with Crippen molar-refractivity contribution in [2.75, 3.05) is 20.3 Å². The Labute approximate surface area is 184 Å². The highest BCUT2D eigenvalue weighted by Crippen LogP contribution is 2.45. The second kappa shape index (κ2) is 9.18. The molecule has 3 N–H and O–H groups in total. The molecule has 1 atom stereocenters. The molecule has 1 unspecified atom stereocenters. The number of fused-ring (bicyclic) bond motifs is 3. The number of rotatable bonds is 8. The number of nitrogens with two attached hydrogens (primary N) is 1. The Balaban J connectivity index is 2.07. The van der Waals surface area contributed by atoms with E-state index < -0.39 is 0 Å². The van der Waals surface area contributed by atoms with Gasteiger partial charge in [-0.3, -0.25) is 4.79 Å². The van der Waals surface area contributed by atoms with Crippen LogP contribution in [0.15, 0.2) is 35.8 Å². The maximum absolute atomic E-state index is 12.6. The number of nitrogens with zero attached hydrogens (tertiary/aromatic N) is 1. The van der Waals surface area contributed by atoms with Crippen molar-refractivity contribution in [1.82, 2.24) is 4.57 Å². The molecule has 0 saturated carbocycles. The van der Waals surface area contributed by atoms with Gasteiger partial charge in [0.05, 0.1) is 25.0 Å². The summed E-state index contributed by atoms with van der Waals surface area (Å²) in [6.45, 7) is 11.4. The Morgan fingerprint density at radius 3 is 2.58 bits per heavy atom. The van der Waals surface area contributed by atoms with Gasteiger partial charge in [-0.2, -0.15) is 0 Å². The van der Waals surface area contributed by atoms with Gasteiger partial charge in [-0.15, -0.1) is 0 Å². The van der Waals surface area contributed by atoms with Crippen molar-refractivity contribution in [3.63, 3.8) is 0 Å². The molecule has 2 aromatic rings. The van der Waals surface area contributed by atoms with Gasteiger partial charge in [-0.25, -0.2) is 0 Å². The molecule has 168 valence electrons. The molecule has 0 saturated heterocycles. The van der Waals surface area contributed by atoms with E-state index in [1.807, 2.05) is 12.1 Å². The molecule has 0 radical (unpaired) electrons. The molecule has 1 aliphatic rings. The molecule has 2 heterocycles. The lowest BCUT2D eigenvalue weighted by Gasteiger charge is -2.39. The quantitative estimate of drug-likeness (QED) is 0.472. The van der Waals surface area contributed by atoms with Gasteiger partial charge in [-0.05, 0) is 55.3 Å². The first kappa shape index (κ1) is 22.9. The van der Waals surface area contributed by atoms with Gasteiger partial charge in [0.2, 0.25) is 0 Å². The molecule has 0 amide bonds. The van der Waals surface area contributed by atoms with E-state index in [9.17, 15) is 9.90 Å². The molecule has 0 bridgehead atoms. The predicted molar refractivity (Wildman–Crippen MR) is 125 cm³/mol. The first-order chi connectivity index (χ1) is 14.7. The number of hydrogen-bond donors (Lipinski definition) is 2. The molecule has 1 aromatic heterocycles. The van der Waals surface area contributed by atoms with E-state index in [0.29, 0.717) is 18.9 Å². The molecule has 0 fully saturated rings. The summed E-state index contributed by atoms with van der Waals surface area (Å²) in [5.74, 6) is 1.15. The highest BCUT2D eigenvalue weighted by Gasteiger charge is 2.34. The van der Waals surface area contributed by atoms with E-state index in [1.165, 1.54) is 0 Å². The van der Waals surface area contributed by atoms with Crippen LogP contribution in [-0.2, 0) is 6.42 Å². The number of ether oxygens (including phenoxy) is 2. The van der Waals surface area contributed by atoms with Gasteiger partial charge >= 0.3 is 0 Å². The Kier molecular flexibility index (Phi) is 6.80. The number of methoxy groups -OCH3 is 1. The number of hydrogen-bond acceptors (Lipinski definition) is 5. The fourth-order valence-electron chi connectivity index (χ4n) is 4.16. The molecule has 3 rings (SSSR count). The average Bonchev–Trinajstić information content (AvgIpc) is 2.71. The van der Waals surface area contributed by atoms with Crippen LogP contribution in [0.4, 0.5) is 0 Å². The summed E-state index contributed by atoms with van der Waals surface area (Å²) in [7, 11) is 1.62. The van der Waals surface area contributed by atoms with Gasteiger partial charge in [-0.1, -0.05) is 27.4 Å². The topological polar surface area (TPSA) is 86.7 Å². The highest BCUT2D eigenvalue weighted by molar-refractivity contribution is 5.72. The zero-order valence-electron chi connectivity index (χ0n) is 19.0. The molecule has 6 heteroatoms. The fraction of sp³-hybridized carbons (Fsp3) is 0.480. The maximum Gasteiger partial charge on any atom is 0.193 e. The molecule has 1 aliphatic heterocycles. The summed E-state index contributed by atoms with van der Waals surface area (Å²) >= 11 is 0. The van der Waals surface area contributed by atoms with Crippen LogP contribution in [0.2, 0.25) is 0 Å². The monoisotopic (exact) mass is 426 g/mol. The Morgan fingerprint density at radius 1 is 1.23 bits per heavy atom. The van der Waals surface area contributed by atoms with Crippen molar-refractivity contribution in [3.8, 4) is 22.8 Å². The maximum atomic E-state index is 12.6. The summed E-state index contributed by atoms with van der Waals surface area (Å²) in [4.78, 5) is 12.6. The zero-order chi connectivity index (χ0) is 22.8. The van der Waals surface area contributed by atoms with E-state index in [2.05, 4.69) is 31.9 Å². The largest absolute Gasteiger partial charge is 0.508 e. The summed E-state index contributed by atoms with van der Waals surface area (Å²) in [6, 6.07) is 5.67. The van der Waals surface area contributed by atoms with Crippen molar-refractivity contribution in [2.45, 2.75) is 52.5 Å². The van der Waals surface area contributed by atoms with E-state index in [-0.39, 0.29) is 28.2 Å². The smallest absolute Gasteiger partial charge is 0.193 e. The number of pyridine rings is 1. The van der Waals surface area contributed by atoms with E-state index in [0.717, 1.165) is 48.3 Å². The Hall–Kier alpha value is -2.73. The predicted octanol–water partition coefficient (Wildman–Crippen LogP) is 4.70. The van der Waals surface area contributed by atoms with E-state index >= 15 is 0 Å². The van der Waals surface area contributed by atoms with Gasteiger partial charge < -0.3 is 24.9 Å². The van der Waals surface area contributed by atoms with Crippen molar-refractivity contribution < 1.29 is 14.6 Å². The van der Waals surface area contributed by atoms with Crippen LogP contribution in [0, 0.1) is 5.41 Å². The second-order valence-electron chi connectivity index (χ2n) is 9.23. The molecular formula is C25H34N2O4. The number of aliphatic hydroxyl groups is 1. The van der Waals surface area contributed by atoms with Gasteiger partial charge in [0, 0.05) is 23.9 Å². The Morgan fingerprint density at radius 2 is 1.97 bits per heavy atom. The zero-order valence-corrected chi connectivity index (χ0v) is 19.0. The second-order valence-corrected chi connectivity index (χ2v) is 9.23. The molecule has 6 nitrogen and oxygen atoms in total. The van der Waals surface area contributed by atoms with Crippen LogP contribution in [0.3, 0.4) is 0 Å². The van der Waals surface area contributed by atoms with Gasteiger partial charge in [0.1, 0.15) is 5.76 Å². The highest BCUT2D eigenvalue weighted by atomic mass is 16.5. The van der Waals surface area contributed by atoms with Crippen LogP contribution in [0.1, 0.15) is 57.2 Å². The van der Waals surface area contributed by atoms with Crippen LogP contribution in [0.5, 0.6) is 11.5 Å². The summed E-state index contributed by atoms with van der Waals surface area (Å²) in [5.41, 5.74) is 8.34. The lowest BCUT2D eigenvalue weighted by atomic mass is 9.78. The number of aromatic nitrogens is 1. The molecule has 1 aromatic carbocycles. The Bertz CT molecular complexity index is 1020. The summed E-state index contributed by atoms with van der Waals surface area (Å²) in [5, 5.41) is 9.89. The molecule has 0 aliphatic carbocycles. The number of aliphatic hydroxyl groups excluding tert-OH is 1. The van der Waals surface area contributed by atoms with Crippen LogP contribution < -0.4 is 20.6 Å². The average molecular weight is 427 g/mol. The lowest BCUT2D eigenvalue weighted by molar-refractivity contribution is 0.236. The molecule has 0 spiro atoms. The summed E-state index contributed by atoms with van der Waals surface area (Å²) in [6.07, 6.45) is 5.47. The lowest BCUT2D eigenvalue weighted by Crippen LogP contribution is -2.32. The van der Waals surface area contributed by atoms with E-state index in [4.69, 9.17) is 15.2 Å². The van der Waals surface area contributed by atoms with Gasteiger partial charge in [0.15, 0.2) is 16.9 Å². The van der Waals surface area contributed by atoms with Crippen molar-refractivity contribution in [3.05, 3.63) is 52.3 Å². The minimum atomic E-state index is -0.251. The van der Waals surface area contributed by atoms with Crippen molar-refractivity contribution in [2.24, 2.45) is 11.1 Å². The first-order valence-corrected chi connectivity index (χ1v) is 10.9. The summed E-state index contributed by atoms with van der Waals surface area (Å²) < 4.78 is 13.7. The normalized spacial score (nSPS) is 15.2. The fourth-order valence-corrected chi connectivity index (χ4v) is 4.16. The standard InChI is InChI=1S/C25H34N2O4/c1-16(28)19-15-27-20(14-21(19)29)18-13-22(30-5)23(31-10-8-6-7-9-26)11-17(18)12-24(27)25(2,3)4/h11,13-15,24,28H,1,6-10,12,26H2,2-5H3. The number of benzene rings is 1. The minimum absolute atomic E-state index is 0.0707. The van der Waals surface area contributed by atoms with Crippen molar-refractivity contribution >= 4 is 5.76 Å². The number of unbranched alkanes of at least 4 members (excludes halogenated alkanes) is 2. The molecule has 31 heavy (non-hydrogen) atoms. The van der Waals surface area contributed by atoms with Gasteiger partial charge in [0.25, 0.3) is 0 Å². The molecular weight excluding hydrogens is 392 g/mol. The SMILES string of the molecule is C=C(O)c1cn2c(cc1=O)-c1cc(OC)c(OCCCCCN)cc1CC2C(C)(C)C. The third-order valence-electron chi connectivity index (χ3n) is 5.91. The van der Waals surface area contributed by atoms with Crippen LogP contribution in [-0.4, -0.2) is 29.9 Å².